The van der Waals surface area contributed by atoms with Crippen LogP contribution in [0.15, 0.2) is 0 Å². The van der Waals surface area contributed by atoms with Gasteiger partial charge in [0.25, 0.3) is 0 Å². The summed E-state index contributed by atoms with van der Waals surface area (Å²) in [6, 6.07) is -1.45. The quantitative estimate of drug-likeness (QED) is 0.119. The number of carbonyl (C=O) groups is 3. The Balaban J connectivity index is -0.000000506. The largest absolute Gasteiger partial charge is 1.00 e. The Bertz CT molecular complexity index is 1300. The molecule has 60 heavy (non-hydrogen) atoms. The molecule has 0 bridgehead atoms. The third kappa shape index (κ3) is 24.3. The Morgan fingerprint density at radius 2 is 0.817 bits per heavy atom. The van der Waals surface area contributed by atoms with Gasteiger partial charge in [-0.2, -0.15) is 0 Å². The summed E-state index contributed by atoms with van der Waals surface area (Å²) in [4.78, 5) is 36.5. The van der Waals surface area contributed by atoms with Gasteiger partial charge in [-0.3, -0.25) is 0 Å². The zero-order chi connectivity index (χ0) is 46.9. The van der Waals surface area contributed by atoms with E-state index in [0.717, 1.165) is 6.29 Å². The van der Waals surface area contributed by atoms with Crippen molar-refractivity contribution in [2.45, 2.75) is 233 Å². The summed E-state index contributed by atoms with van der Waals surface area (Å²) < 4.78 is 36.6. The molecule has 354 valence electrons. The predicted molar refractivity (Wildman–Crippen MR) is 261 cm³/mol. The van der Waals surface area contributed by atoms with E-state index in [1.54, 1.807) is 20.8 Å². The number of carbonyl (C=O) groups excluding carboxylic acids is 3. The number of aliphatic hydroxyl groups is 1. The normalized spacial score (nSPS) is 15.7. The van der Waals surface area contributed by atoms with Gasteiger partial charge in [-0.25, -0.2) is 9.59 Å². The molecule has 0 heterocycles. The van der Waals surface area contributed by atoms with Crippen molar-refractivity contribution >= 4 is 60.2 Å². The van der Waals surface area contributed by atoms with Crippen LogP contribution in [0.2, 0.25) is 72.5 Å². The maximum Gasteiger partial charge on any atom is 1.00 e. The number of aldehydes is 1. The molecule has 0 unspecified atom stereocenters. The van der Waals surface area contributed by atoms with Crippen molar-refractivity contribution < 1.29 is 76.2 Å². The molecule has 12 nitrogen and oxygen atoms in total. The SMILES string of the molecule is CC(C)(C)OC(=O)N[C@@H](C=O)[C@H](CO[Si](C)(C)C(C)(C)C)O[Si](C)(C)C(C)(C)C.CC(C)(C)OC(=O)N[C@@H](CO)[C@H](CO[Si](C)(C)C(C)(C)C)O[Si](C)(C)C(C)(C)C.[BH4-].[Na+]. The first-order chi connectivity index (χ1) is 25.3. The van der Waals surface area contributed by atoms with Crippen LogP contribution in [0.3, 0.4) is 0 Å². The number of amides is 2. The third-order valence-corrected chi connectivity index (χ3v) is 29.9. The minimum absolute atomic E-state index is 0. The van der Waals surface area contributed by atoms with E-state index in [1.165, 1.54) is 0 Å². The summed E-state index contributed by atoms with van der Waals surface area (Å²) in [6.45, 7) is 54.4. The molecule has 18 heteroatoms. The molecule has 0 aliphatic heterocycles. The van der Waals surface area contributed by atoms with E-state index >= 15 is 0 Å². The second-order valence-electron chi connectivity index (χ2n) is 23.7. The molecule has 0 rings (SSSR count). The first kappa shape index (κ1) is 66.5. The fourth-order valence-corrected chi connectivity index (χ4v) is 8.64. The van der Waals surface area contributed by atoms with Gasteiger partial charge >= 0.3 is 41.7 Å². The summed E-state index contributed by atoms with van der Waals surface area (Å²) in [5.74, 6) is 0. The van der Waals surface area contributed by atoms with E-state index in [0.29, 0.717) is 6.61 Å². The fourth-order valence-electron chi connectivity index (χ4n) is 3.94. The van der Waals surface area contributed by atoms with Gasteiger partial charge in [-0.1, -0.05) is 91.5 Å². The summed E-state index contributed by atoms with van der Waals surface area (Å²) >= 11 is 0. The van der Waals surface area contributed by atoms with Crippen molar-refractivity contribution in [1.29, 1.82) is 0 Å². The van der Waals surface area contributed by atoms with E-state index in [9.17, 15) is 19.5 Å². The molecule has 0 aliphatic rings. The number of hydrogen-bond donors (Lipinski definition) is 3. The first-order valence-electron chi connectivity index (χ1n) is 20.9. The molecule has 3 N–H and O–H groups in total. The van der Waals surface area contributed by atoms with Crippen molar-refractivity contribution in [2.24, 2.45) is 0 Å². The van der Waals surface area contributed by atoms with E-state index in [-0.39, 0.29) is 71.3 Å². The number of alkyl carbamates (subject to hydrolysis) is 2. The van der Waals surface area contributed by atoms with Crippen LogP contribution in [0.1, 0.15) is 125 Å². The molecule has 0 aromatic rings. The summed E-state index contributed by atoms with van der Waals surface area (Å²) in [5.41, 5.74) is -1.26. The number of rotatable bonds is 16. The molecule has 0 aromatic carbocycles. The maximum absolute atomic E-state index is 12.3. The van der Waals surface area contributed by atoms with Crippen LogP contribution in [0.4, 0.5) is 9.59 Å². The van der Waals surface area contributed by atoms with Crippen LogP contribution in [-0.4, -0.2) is 121 Å². The Morgan fingerprint density at radius 1 is 0.533 bits per heavy atom. The van der Waals surface area contributed by atoms with Crippen LogP contribution >= 0.6 is 0 Å². The second-order valence-corrected chi connectivity index (χ2v) is 42.9. The van der Waals surface area contributed by atoms with E-state index in [4.69, 9.17) is 27.2 Å². The van der Waals surface area contributed by atoms with Gasteiger partial charge in [0, 0.05) is 0 Å². The summed E-state index contributed by atoms with van der Waals surface area (Å²) in [5, 5.41) is 15.6. The zero-order valence-electron chi connectivity index (χ0n) is 43.1. The van der Waals surface area contributed by atoms with Gasteiger partial charge in [0.2, 0.25) is 0 Å². The Labute approximate surface area is 397 Å². The van der Waals surface area contributed by atoms with Gasteiger partial charge in [0.05, 0.1) is 38.1 Å². The number of nitrogens with one attached hydrogen (secondary N) is 2. The number of ether oxygens (including phenoxy) is 2. The minimum Gasteiger partial charge on any atom is -0.444 e. The Morgan fingerprint density at radius 3 is 1.08 bits per heavy atom. The van der Waals surface area contributed by atoms with Crippen molar-refractivity contribution in [3.63, 3.8) is 0 Å². The fraction of sp³-hybridized carbons (Fsp3) is 0.929. The molecule has 0 fully saturated rings. The topological polar surface area (TPSA) is 151 Å². The van der Waals surface area contributed by atoms with Gasteiger partial charge in [0.1, 0.15) is 23.5 Å². The molecular weight excluding hydrogens is 839 g/mol. The molecule has 0 radical (unpaired) electrons. The van der Waals surface area contributed by atoms with E-state index in [1.807, 2.05) is 20.8 Å². The molecular formula is C42H96BN2NaO10Si4. The molecule has 0 aromatic heterocycles. The molecule has 0 saturated heterocycles. The summed E-state index contributed by atoms with van der Waals surface area (Å²) in [7, 11) is -8.42. The van der Waals surface area contributed by atoms with Crippen LogP contribution in [0.25, 0.3) is 0 Å². The maximum atomic E-state index is 12.3. The van der Waals surface area contributed by atoms with Crippen LogP contribution in [0, 0.1) is 0 Å². The van der Waals surface area contributed by atoms with Crippen molar-refractivity contribution in [1.82, 2.24) is 10.6 Å². The van der Waals surface area contributed by atoms with Gasteiger partial charge in [0.15, 0.2) is 33.3 Å². The Hall–Kier alpha value is -0.0575. The van der Waals surface area contributed by atoms with Gasteiger partial charge < -0.3 is 47.7 Å². The van der Waals surface area contributed by atoms with Crippen LogP contribution in [0.5, 0.6) is 0 Å². The molecule has 4 atom stereocenters. The average Bonchev–Trinajstić information content (AvgIpc) is 2.95. The predicted octanol–water partition coefficient (Wildman–Crippen LogP) is 6.33. The standard InChI is InChI=1S/C21H47NO5Si2.C21H45NO5Si2.BH4.Na/c2*1-19(2,3)26-18(24)22-16(14-23)17(27-29(12,13)21(7,8)9)15-25-28(10,11)20(4,5)6;;/h16-17,23H,14-15H2,1-13H3,(H,22,24);14,16-17H,15H2,1-13H3,(H,22,24);1H4;/q;;-1;+1/t2*16-,17-;;/m00../s1. The third-order valence-electron chi connectivity index (χ3n) is 11.9. The van der Waals surface area contributed by atoms with Gasteiger partial charge in [-0.05, 0) is 114 Å². The molecule has 2 amide bonds. The second kappa shape index (κ2) is 24.5. The number of hydrogen-bond acceptors (Lipinski definition) is 10. The smallest absolute Gasteiger partial charge is 0.444 e. The Kier molecular flexibility index (Phi) is 27.1. The van der Waals surface area contributed by atoms with E-state index < -0.39 is 80.9 Å². The molecule has 0 aliphatic carbocycles. The van der Waals surface area contributed by atoms with Crippen molar-refractivity contribution in [3.8, 4) is 0 Å². The minimum atomic E-state index is -2.20. The van der Waals surface area contributed by atoms with Crippen LogP contribution < -0.4 is 40.2 Å². The first-order valence-corrected chi connectivity index (χ1v) is 32.6. The zero-order valence-corrected chi connectivity index (χ0v) is 49.1. The average molecular weight is 935 g/mol. The summed E-state index contributed by atoms with van der Waals surface area (Å²) in [6.07, 6.45) is -1.51. The van der Waals surface area contributed by atoms with Crippen molar-refractivity contribution in [3.05, 3.63) is 0 Å². The van der Waals surface area contributed by atoms with Crippen LogP contribution in [-0.2, 0) is 32.0 Å². The molecule has 0 spiro atoms. The van der Waals surface area contributed by atoms with Crippen molar-refractivity contribution in [2.75, 3.05) is 19.8 Å². The number of aliphatic hydroxyl groups excluding tert-OH is 1. The van der Waals surface area contributed by atoms with E-state index in [2.05, 4.69) is 146 Å². The monoisotopic (exact) mass is 935 g/mol. The van der Waals surface area contributed by atoms with Gasteiger partial charge in [-0.15, -0.1) is 0 Å². The molecule has 0 saturated carbocycles.